The molecule has 0 heterocycles. The lowest BCUT2D eigenvalue weighted by atomic mass is 10.1. The lowest BCUT2D eigenvalue weighted by molar-refractivity contribution is -0.130. The van der Waals surface area contributed by atoms with Gasteiger partial charge in [0, 0.05) is 38.9 Å². The molecule has 7 nitrogen and oxygen atoms in total. The molecular weight excluding hydrogens is 404 g/mol. The van der Waals surface area contributed by atoms with E-state index < -0.39 is 0 Å². The fraction of sp³-hybridized carbons (Fsp3) is 0.440. The number of guanidine groups is 1. The van der Waals surface area contributed by atoms with Crippen molar-refractivity contribution in [2.45, 2.75) is 33.9 Å². The van der Waals surface area contributed by atoms with Crippen LogP contribution < -0.4 is 15.4 Å². The van der Waals surface area contributed by atoms with Crippen LogP contribution in [0, 0.1) is 6.92 Å². The summed E-state index contributed by atoms with van der Waals surface area (Å²) in [5, 5.41) is 6.38. The van der Waals surface area contributed by atoms with Crippen LogP contribution in [-0.2, 0) is 22.6 Å². The summed E-state index contributed by atoms with van der Waals surface area (Å²) in [6.07, 6.45) is 0. The molecule has 2 aromatic carbocycles. The first-order valence-electron chi connectivity index (χ1n) is 11.1. The molecule has 0 aromatic heterocycles. The predicted molar refractivity (Wildman–Crippen MR) is 129 cm³/mol. The van der Waals surface area contributed by atoms with Gasteiger partial charge in [-0.25, -0.2) is 0 Å². The highest BCUT2D eigenvalue weighted by atomic mass is 16.5. The largest absolute Gasteiger partial charge is 0.491 e. The lowest BCUT2D eigenvalue weighted by Gasteiger charge is -2.22. The van der Waals surface area contributed by atoms with Crippen molar-refractivity contribution in [1.29, 1.82) is 0 Å². The molecule has 0 spiro atoms. The number of aliphatic imine (C=N–C) groups is 1. The number of ether oxygens (including phenoxy) is 2. The van der Waals surface area contributed by atoms with E-state index in [0.29, 0.717) is 45.4 Å². The van der Waals surface area contributed by atoms with E-state index in [1.807, 2.05) is 68.1 Å². The molecule has 1 amide bonds. The Morgan fingerprint density at radius 2 is 1.84 bits per heavy atom. The molecule has 0 fully saturated rings. The monoisotopic (exact) mass is 440 g/mol. The van der Waals surface area contributed by atoms with Crippen LogP contribution in [0.25, 0.3) is 0 Å². The number of likely N-dealkylation sites (N-methyl/N-ethyl adjacent to an activating group) is 1. The first-order valence-corrected chi connectivity index (χ1v) is 11.1. The number of rotatable bonds is 12. The summed E-state index contributed by atoms with van der Waals surface area (Å²) < 4.78 is 11.3. The maximum absolute atomic E-state index is 12.7. The third-order valence-electron chi connectivity index (χ3n) is 4.94. The molecule has 2 aromatic rings. The van der Waals surface area contributed by atoms with E-state index >= 15 is 0 Å². The van der Waals surface area contributed by atoms with Crippen LogP contribution in [0.4, 0.5) is 0 Å². The van der Waals surface area contributed by atoms with Gasteiger partial charge >= 0.3 is 0 Å². The van der Waals surface area contributed by atoms with Crippen LogP contribution in [0.5, 0.6) is 5.75 Å². The molecule has 174 valence electrons. The maximum Gasteiger partial charge on any atom is 0.242 e. The van der Waals surface area contributed by atoms with Crippen molar-refractivity contribution in [1.82, 2.24) is 15.5 Å². The number of carbonyl (C=O) groups excluding carboxylic acids is 1. The average Bonchev–Trinajstić information content (AvgIpc) is 2.81. The molecule has 0 aliphatic heterocycles. The minimum Gasteiger partial charge on any atom is -0.491 e. The number of hydrogen-bond donors (Lipinski definition) is 2. The van der Waals surface area contributed by atoms with Gasteiger partial charge in [0.25, 0.3) is 0 Å². The number of nitrogens with one attached hydrogen (secondary N) is 2. The molecule has 0 radical (unpaired) electrons. The Bertz CT molecular complexity index is 856. The fourth-order valence-electron chi connectivity index (χ4n) is 3.15. The van der Waals surface area contributed by atoms with Crippen LogP contribution in [0.1, 0.15) is 30.5 Å². The smallest absolute Gasteiger partial charge is 0.242 e. The molecule has 0 unspecified atom stereocenters. The van der Waals surface area contributed by atoms with Gasteiger partial charge in [-0.1, -0.05) is 42.5 Å². The first kappa shape index (κ1) is 25.2. The van der Waals surface area contributed by atoms with Crippen molar-refractivity contribution in [3.8, 4) is 5.75 Å². The Morgan fingerprint density at radius 1 is 1.06 bits per heavy atom. The van der Waals surface area contributed by atoms with E-state index in [1.54, 1.807) is 7.05 Å². The number of hydrogen-bond acceptors (Lipinski definition) is 4. The molecular formula is C25H36N4O3. The van der Waals surface area contributed by atoms with Gasteiger partial charge in [-0.3, -0.25) is 9.79 Å². The number of amides is 1. The van der Waals surface area contributed by atoms with Gasteiger partial charge in [0.15, 0.2) is 5.96 Å². The van der Waals surface area contributed by atoms with Crippen LogP contribution in [-0.4, -0.2) is 56.7 Å². The van der Waals surface area contributed by atoms with Gasteiger partial charge in [-0.15, -0.1) is 0 Å². The Hall–Kier alpha value is -3.06. The van der Waals surface area contributed by atoms with Crippen molar-refractivity contribution in [2.24, 2.45) is 4.99 Å². The minimum absolute atomic E-state index is 0.0228. The van der Waals surface area contributed by atoms with Gasteiger partial charge in [-0.05, 0) is 38.0 Å². The summed E-state index contributed by atoms with van der Waals surface area (Å²) in [6, 6.07) is 16.1. The summed E-state index contributed by atoms with van der Waals surface area (Å²) in [5.74, 6) is 1.41. The van der Waals surface area contributed by atoms with E-state index in [1.165, 1.54) is 0 Å². The Labute approximate surface area is 191 Å². The molecule has 0 saturated heterocycles. The van der Waals surface area contributed by atoms with Crippen molar-refractivity contribution < 1.29 is 14.3 Å². The van der Waals surface area contributed by atoms with E-state index in [4.69, 9.17) is 9.47 Å². The number of benzene rings is 2. The van der Waals surface area contributed by atoms with Crippen LogP contribution >= 0.6 is 0 Å². The highest BCUT2D eigenvalue weighted by Crippen LogP contribution is 2.20. The van der Waals surface area contributed by atoms with Crippen LogP contribution in [0.2, 0.25) is 0 Å². The fourth-order valence-corrected chi connectivity index (χ4v) is 3.15. The van der Waals surface area contributed by atoms with Gasteiger partial charge < -0.3 is 25.0 Å². The van der Waals surface area contributed by atoms with Crippen molar-refractivity contribution >= 4 is 11.9 Å². The van der Waals surface area contributed by atoms with Crippen molar-refractivity contribution in [2.75, 3.05) is 40.0 Å². The van der Waals surface area contributed by atoms with E-state index in [2.05, 4.69) is 21.7 Å². The minimum atomic E-state index is 0.0228. The molecule has 0 saturated carbocycles. The summed E-state index contributed by atoms with van der Waals surface area (Å²) in [7, 11) is 1.69. The van der Waals surface area contributed by atoms with E-state index in [0.717, 1.165) is 22.4 Å². The molecule has 0 atom stereocenters. The van der Waals surface area contributed by atoms with E-state index in [-0.39, 0.29) is 12.5 Å². The Balaban J connectivity index is 1.88. The Kier molecular flexibility index (Phi) is 11.1. The quantitative estimate of drug-likeness (QED) is 0.301. The van der Waals surface area contributed by atoms with Gasteiger partial charge in [0.2, 0.25) is 5.91 Å². The van der Waals surface area contributed by atoms with Gasteiger partial charge in [0.1, 0.15) is 12.4 Å². The molecule has 32 heavy (non-hydrogen) atoms. The van der Waals surface area contributed by atoms with E-state index in [9.17, 15) is 4.79 Å². The van der Waals surface area contributed by atoms with Gasteiger partial charge in [0.05, 0.1) is 13.2 Å². The molecule has 0 aliphatic carbocycles. The van der Waals surface area contributed by atoms with Crippen molar-refractivity contribution in [3.63, 3.8) is 0 Å². The zero-order chi connectivity index (χ0) is 23.2. The van der Waals surface area contributed by atoms with Gasteiger partial charge in [-0.2, -0.15) is 0 Å². The van der Waals surface area contributed by atoms with Crippen LogP contribution in [0.15, 0.2) is 53.5 Å². The molecule has 2 N–H and O–H groups in total. The second-order valence-electron chi connectivity index (χ2n) is 7.33. The van der Waals surface area contributed by atoms with Crippen LogP contribution in [0.3, 0.4) is 0 Å². The summed E-state index contributed by atoms with van der Waals surface area (Å²) >= 11 is 0. The highest BCUT2D eigenvalue weighted by molar-refractivity contribution is 5.86. The SMILES string of the molecule is CCOCCOc1cc(C)ccc1CNC(=NC)NCC(=O)N(CC)Cc1ccccc1. The lowest BCUT2D eigenvalue weighted by Crippen LogP contribution is -2.44. The molecule has 0 bridgehead atoms. The average molecular weight is 441 g/mol. The highest BCUT2D eigenvalue weighted by Gasteiger charge is 2.13. The molecule has 2 rings (SSSR count). The zero-order valence-electron chi connectivity index (χ0n) is 19.7. The second kappa shape index (κ2) is 14.1. The third kappa shape index (κ3) is 8.59. The topological polar surface area (TPSA) is 75.2 Å². The van der Waals surface area contributed by atoms with Crippen molar-refractivity contribution in [3.05, 3.63) is 65.2 Å². The number of carbonyl (C=O) groups is 1. The number of nitrogens with zero attached hydrogens (tertiary/aromatic N) is 2. The second-order valence-corrected chi connectivity index (χ2v) is 7.33. The zero-order valence-corrected chi connectivity index (χ0v) is 19.7. The predicted octanol–water partition coefficient (Wildman–Crippen LogP) is 3.12. The first-order chi connectivity index (χ1) is 15.6. The summed E-state index contributed by atoms with van der Waals surface area (Å²) in [5.41, 5.74) is 3.26. The molecule has 7 heteroatoms. The number of aryl methyl sites for hydroxylation is 1. The standard InChI is InChI=1S/C25H36N4O3/c1-5-29(19-21-10-8-7-9-11-21)24(30)18-28-25(26-4)27-17-22-13-12-20(3)16-23(22)32-15-14-31-6-2/h7-13,16H,5-6,14-15,17-19H2,1-4H3,(H2,26,27,28). The summed E-state index contributed by atoms with van der Waals surface area (Å²) in [6.45, 7) is 9.65. The Morgan fingerprint density at radius 3 is 2.53 bits per heavy atom. The maximum atomic E-state index is 12.7. The third-order valence-corrected chi connectivity index (χ3v) is 4.94. The summed E-state index contributed by atoms with van der Waals surface area (Å²) in [4.78, 5) is 18.7. The molecule has 0 aliphatic rings. The normalized spacial score (nSPS) is 11.2.